The summed E-state index contributed by atoms with van der Waals surface area (Å²) in [5.41, 5.74) is 5.44. The van der Waals surface area contributed by atoms with Crippen LogP contribution in [0, 0.1) is 0 Å². The van der Waals surface area contributed by atoms with E-state index >= 15 is 0 Å². The van der Waals surface area contributed by atoms with Gasteiger partial charge < -0.3 is 15.2 Å². The van der Waals surface area contributed by atoms with Crippen LogP contribution < -0.4 is 15.2 Å². The SMILES string of the molecule is COc1cc(N)nc(OC)c1. The molecule has 0 aromatic carbocycles. The van der Waals surface area contributed by atoms with Crippen molar-refractivity contribution in [2.24, 2.45) is 0 Å². The number of nitrogens with two attached hydrogens (primary N) is 1. The molecule has 1 aromatic heterocycles. The summed E-state index contributed by atoms with van der Waals surface area (Å²) in [6, 6.07) is 3.29. The molecule has 0 unspecified atom stereocenters. The quantitative estimate of drug-likeness (QED) is 0.680. The second-order valence-electron chi connectivity index (χ2n) is 1.97. The van der Waals surface area contributed by atoms with E-state index in [2.05, 4.69) is 4.98 Å². The molecule has 0 bridgehead atoms. The molecule has 0 amide bonds. The van der Waals surface area contributed by atoms with Gasteiger partial charge in [-0.15, -0.1) is 0 Å². The fourth-order valence-electron chi connectivity index (χ4n) is 0.723. The Balaban J connectivity index is 3.02. The Hall–Kier alpha value is -1.45. The molecule has 1 heterocycles. The second kappa shape index (κ2) is 3.09. The molecule has 1 rings (SSSR count). The summed E-state index contributed by atoms with van der Waals surface area (Å²) in [5.74, 6) is 1.50. The summed E-state index contributed by atoms with van der Waals surface area (Å²) in [6.07, 6.45) is 0. The lowest BCUT2D eigenvalue weighted by Gasteiger charge is -2.03. The van der Waals surface area contributed by atoms with Gasteiger partial charge in [-0.25, -0.2) is 0 Å². The van der Waals surface area contributed by atoms with Crippen LogP contribution in [0.25, 0.3) is 0 Å². The van der Waals surface area contributed by atoms with Crippen molar-refractivity contribution in [1.29, 1.82) is 0 Å². The highest BCUT2D eigenvalue weighted by Gasteiger charge is 1.98. The van der Waals surface area contributed by atoms with E-state index in [1.165, 1.54) is 7.11 Å². The highest BCUT2D eigenvalue weighted by molar-refractivity contribution is 5.40. The van der Waals surface area contributed by atoms with E-state index in [-0.39, 0.29) is 0 Å². The van der Waals surface area contributed by atoms with Crippen molar-refractivity contribution in [3.8, 4) is 11.6 Å². The number of aromatic nitrogens is 1. The van der Waals surface area contributed by atoms with Gasteiger partial charge in [0, 0.05) is 12.1 Å². The number of rotatable bonds is 2. The first kappa shape index (κ1) is 7.65. The molecule has 2 N–H and O–H groups in total. The number of hydrogen-bond acceptors (Lipinski definition) is 4. The molecule has 4 nitrogen and oxygen atoms in total. The molecular formula is C7H10N2O2. The van der Waals surface area contributed by atoms with Crippen LogP contribution in [0.2, 0.25) is 0 Å². The molecule has 0 fully saturated rings. The monoisotopic (exact) mass is 154 g/mol. The van der Waals surface area contributed by atoms with Crippen LogP contribution in [0.4, 0.5) is 5.82 Å². The Kier molecular flexibility index (Phi) is 2.15. The summed E-state index contributed by atoms with van der Waals surface area (Å²) in [4.78, 5) is 3.88. The van der Waals surface area contributed by atoms with Gasteiger partial charge in [0.05, 0.1) is 14.2 Å². The smallest absolute Gasteiger partial charge is 0.218 e. The first-order valence-electron chi connectivity index (χ1n) is 3.12. The normalized spacial score (nSPS) is 9.27. The van der Waals surface area contributed by atoms with Crippen molar-refractivity contribution in [3.63, 3.8) is 0 Å². The van der Waals surface area contributed by atoms with Crippen molar-refractivity contribution in [2.75, 3.05) is 20.0 Å². The molecule has 60 valence electrons. The predicted molar refractivity (Wildman–Crippen MR) is 41.8 cm³/mol. The first-order valence-corrected chi connectivity index (χ1v) is 3.12. The molecule has 0 radical (unpaired) electrons. The van der Waals surface area contributed by atoms with Crippen molar-refractivity contribution in [1.82, 2.24) is 4.98 Å². The number of nitrogens with zero attached hydrogens (tertiary/aromatic N) is 1. The summed E-state index contributed by atoms with van der Waals surface area (Å²) in [7, 11) is 3.09. The molecular weight excluding hydrogens is 144 g/mol. The van der Waals surface area contributed by atoms with Crippen LogP contribution in [0.3, 0.4) is 0 Å². The fraction of sp³-hybridized carbons (Fsp3) is 0.286. The summed E-state index contributed by atoms with van der Waals surface area (Å²) < 4.78 is 9.80. The lowest BCUT2D eigenvalue weighted by atomic mass is 10.4. The lowest BCUT2D eigenvalue weighted by Crippen LogP contribution is -1.95. The number of ether oxygens (including phenoxy) is 2. The van der Waals surface area contributed by atoms with Gasteiger partial charge in [-0.05, 0) is 0 Å². The lowest BCUT2D eigenvalue weighted by molar-refractivity contribution is 0.383. The predicted octanol–water partition coefficient (Wildman–Crippen LogP) is 0.681. The highest BCUT2D eigenvalue weighted by atomic mass is 16.5. The van der Waals surface area contributed by atoms with E-state index in [9.17, 15) is 0 Å². The van der Waals surface area contributed by atoms with Crippen molar-refractivity contribution < 1.29 is 9.47 Å². The van der Waals surface area contributed by atoms with Gasteiger partial charge in [0.15, 0.2) is 0 Å². The molecule has 0 saturated heterocycles. The van der Waals surface area contributed by atoms with Crippen molar-refractivity contribution >= 4 is 5.82 Å². The van der Waals surface area contributed by atoms with Crippen molar-refractivity contribution in [2.45, 2.75) is 0 Å². The van der Waals surface area contributed by atoms with Crippen LogP contribution in [0.1, 0.15) is 0 Å². The molecule has 0 atom stereocenters. The largest absolute Gasteiger partial charge is 0.496 e. The van der Waals surface area contributed by atoms with Crippen LogP contribution in [0.5, 0.6) is 11.6 Å². The number of nitrogen functional groups attached to an aromatic ring is 1. The maximum absolute atomic E-state index is 5.44. The van der Waals surface area contributed by atoms with Crippen LogP contribution in [-0.2, 0) is 0 Å². The Morgan fingerprint density at radius 3 is 2.55 bits per heavy atom. The molecule has 0 saturated carbocycles. The van der Waals surface area contributed by atoms with Gasteiger partial charge in [-0.1, -0.05) is 0 Å². The third-order valence-corrected chi connectivity index (χ3v) is 1.24. The van der Waals surface area contributed by atoms with E-state index in [0.717, 1.165) is 0 Å². The molecule has 1 aromatic rings. The number of methoxy groups -OCH3 is 2. The average Bonchev–Trinajstić information content (AvgIpc) is 2.03. The summed E-state index contributed by atoms with van der Waals surface area (Å²) >= 11 is 0. The molecule has 11 heavy (non-hydrogen) atoms. The Morgan fingerprint density at radius 2 is 2.00 bits per heavy atom. The number of hydrogen-bond donors (Lipinski definition) is 1. The minimum absolute atomic E-state index is 0.390. The third kappa shape index (κ3) is 1.73. The van der Waals surface area contributed by atoms with Gasteiger partial charge in [0.2, 0.25) is 5.88 Å². The van der Waals surface area contributed by atoms with E-state index in [0.29, 0.717) is 17.4 Å². The Labute approximate surface area is 64.9 Å². The summed E-state index contributed by atoms with van der Waals surface area (Å²) in [5, 5.41) is 0. The number of anilines is 1. The number of pyridine rings is 1. The summed E-state index contributed by atoms with van der Waals surface area (Å²) in [6.45, 7) is 0. The molecule has 0 aliphatic carbocycles. The van der Waals surface area contributed by atoms with E-state index in [4.69, 9.17) is 15.2 Å². The van der Waals surface area contributed by atoms with Gasteiger partial charge in [-0.2, -0.15) is 4.98 Å². The zero-order valence-corrected chi connectivity index (χ0v) is 6.50. The van der Waals surface area contributed by atoms with Gasteiger partial charge >= 0.3 is 0 Å². The minimum atomic E-state index is 0.390. The minimum Gasteiger partial charge on any atom is -0.496 e. The van der Waals surface area contributed by atoms with E-state index < -0.39 is 0 Å². The molecule has 0 aliphatic heterocycles. The second-order valence-corrected chi connectivity index (χ2v) is 1.97. The first-order chi connectivity index (χ1) is 5.26. The van der Waals surface area contributed by atoms with E-state index in [1.54, 1.807) is 19.2 Å². The van der Waals surface area contributed by atoms with Crippen LogP contribution >= 0.6 is 0 Å². The van der Waals surface area contributed by atoms with Crippen LogP contribution in [0.15, 0.2) is 12.1 Å². The topological polar surface area (TPSA) is 57.4 Å². The van der Waals surface area contributed by atoms with Gasteiger partial charge in [0.1, 0.15) is 11.6 Å². The fourth-order valence-corrected chi connectivity index (χ4v) is 0.723. The highest BCUT2D eigenvalue weighted by Crippen LogP contribution is 2.19. The standard InChI is InChI=1S/C7H10N2O2/c1-10-5-3-6(8)9-7(4-5)11-2/h3-4H,1-2H3,(H2,8,9). The molecule has 4 heteroatoms. The third-order valence-electron chi connectivity index (χ3n) is 1.24. The Morgan fingerprint density at radius 1 is 1.27 bits per heavy atom. The Bertz CT molecular complexity index is 228. The zero-order chi connectivity index (χ0) is 8.27. The zero-order valence-electron chi connectivity index (χ0n) is 6.50. The van der Waals surface area contributed by atoms with Crippen LogP contribution in [-0.4, -0.2) is 19.2 Å². The van der Waals surface area contributed by atoms with Gasteiger partial charge in [0.25, 0.3) is 0 Å². The maximum atomic E-state index is 5.44. The average molecular weight is 154 g/mol. The van der Waals surface area contributed by atoms with Gasteiger partial charge in [-0.3, -0.25) is 0 Å². The maximum Gasteiger partial charge on any atom is 0.218 e. The molecule has 0 aliphatic rings. The molecule has 0 spiro atoms. The van der Waals surface area contributed by atoms with Crippen molar-refractivity contribution in [3.05, 3.63) is 12.1 Å². The van der Waals surface area contributed by atoms with E-state index in [1.807, 2.05) is 0 Å².